The Bertz CT molecular complexity index is 854. The van der Waals surface area contributed by atoms with Crippen LogP contribution in [0, 0.1) is 17.3 Å². The Hall–Kier alpha value is -3.28. The van der Waals surface area contributed by atoms with Crippen LogP contribution in [-0.2, 0) is 9.47 Å². The molecule has 0 saturated heterocycles. The molecular formula is C25H30N2O4. The largest absolute Gasteiger partial charge is 0.449 e. The van der Waals surface area contributed by atoms with Crippen molar-refractivity contribution in [3.8, 4) is 0 Å². The topological polar surface area (TPSA) is 76.7 Å². The quantitative estimate of drug-likeness (QED) is 0.552. The van der Waals surface area contributed by atoms with Gasteiger partial charge in [0.05, 0.1) is 0 Å². The van der Waals surface area contributed by atoms with Gasteiger partial charge in [0.1, 0.15) is 13.2 Å². The van der Waals surface area contributed by atoms with E-state index in [9.17, 15) is 9.59 Å². The maximum atomic E-state index is 12.4. The minimum Gasteiger partial charge on any atom is -0.449 e. The third kappa shape index (κ3) is 5.87. The summed E-state index contributed by atoms with van der Waals surface area (Å²) in [6.07, 6.45) is 1.99. The molecule has 0 heterocycles. The fraction of sp³-hybridized carbons (Fsp3) is 0.360. The smallest absolute Gasteiger partial charge is 0.411 e. The van der Waals surface area contributed by atoms with E-state index in [0.29, 0.717) is 11.4 Å². The summed E-state index contributed by atoms with van der Waals surface area (Å²) in [5.74, 6) is 0.242. The number of nitrogens with one attached hydrogen (secondary N) is 2. The fourth-order valence-corrected chi connectivity index (χ4v) is 4.14. The normalized spacial score (nSPS) is 19.6. The van der Waals surface area contributed by atoms with Gasteiger partial charge in [-0.1, -0.05) is 61.9 Å². The third-order valence-corrected chi connectivity index (χ3v) is 6.04. The lowest BCUT2D eigenvalue weighted by atomic mass is 9.63. The number of allylic oxidation sites excluding steroid dienone is 2. The van der Waals surface area contributed by atoms with Crippen molar-refractivity contribution in [1.29, 1.82) is 0 Å². The number of carbonyl (C=O) groups is 2. The molecule has 6 heteroatoms. The standard InChI is InChI=1S/C25H30N2O4/c1-18-14-19(2)25(20(3)15-18,16-30-23(28)26-21-10-6-4-7-11-21)17-31-24(29)27-22-12-8-5-9-13-22/h4-14,19-20H,15-17H2,1-3H3,(H,26,28)(H,27,29)/t19-,20+/m1/s1. The first-order valence-corrected chi connectivity index (χ1v) is 10.5. The van der Waals surface area contributed by atoms with Crippen LogP contribution in [0.2, 0.25) is 0 Å². The van der Waals surface area contributed by atoms with Crippen molar-refractivity contribution in [2.45, 2.75) is 27.2 Å². The van der Waals surface area contributed by atoms with Crippen molar-refractivity contribution < 1.29 is 19.1 Å². The van der Waals surface area contributed by atoms with Gasteiger partial charge in [0.25, 0.3) is 0 Å². The summed E-state index contributed by atoms with van der Waals surface area (Å²) in [6, 6.07) is 18.3. The zero-order valence-electron chi connectivity index (χ0n) is 18.3. The monoisotopic (exact) mass is 422 g/mol. The van der Waals surface area contributed by atoms with Crippen LogP contribution in [0.15, 0.2) is 72.3 Å². The Morgan fingerprint density at radius 2 is 1.32 bits per heavy atom. The number of hydrogen-bond donors (Lipinski definition) is 2. The molecule has 2 aromatic carbocycles. The average Bonchev–Trinajstić information content (AvgIpc) is 2.74. The molecule has 1 aliphatic rings. The second kappa shape index (κ2) is 10.2. The Morgan fingerprint density at radius 3 is 1.74 bits per heavy atom. The predicted molar refractivity (Wildman–Crippen MR) is 122 cm³/mol. The number of benzene rings is 2. The van der Waals surface area contributed by atoms with Crippen LogP contribution < -0.4 is 10.6 Å². The van der Waals surface area contributed by atoms with E-state index >= 15 is 0 Å². The molecule has 0 aliphatic heterocycles. The van der Waals surface area contributed by atoms with Gasteiger partial charge in [-0.2, -0.15) is 0 Å². The molecule has 2 amide bonds. The van der Waals surface area contributed by atoms with Gasteiger partial charge in [0.2, 0.25) is 0 Å². The van der Waals surface area contributed by atoms with Crippen molar-refractivity contribution in [2.75, 3.05) is 23.8 Å². The van der Waals surface area contributed by atoms with Crippen molar-refractivity contribution in [3.63, 3.8) is 0 Å². The molecule has 0 fully saturated rings. The molecule has 2 atom stereocenters. The minimum atomic E-state index is -0.523. The number of carbonyl (C=O) groups excluding carboxylic acids is 2. The number of anilines is 2. The van der Waals surface area contributed by atoms with E-state index in [4.69, 9.17) is 9.47 Å². The highest BCUT2D eigenvalue weighted by Gasteiger charge is 2.45. The summed E-state index contributed by atoms with van der Waals surface area (Å²) in [5.41, 5.74) is 2.11. The highest BCUT2D eigenvalue weighted by atomic mass is 16.6. The van der Waals surface area contributed by atoms with E-state index in [1.165, 1.54) is 5.57 Å². The molecular weight excluding hydrogens is 392 g/mol. The van der Waals surface area contributed by atoms with Gasteiger partial charge in [-0.05, 0) is 49.4 Å². The van der Waals surface area contributed by atoms with Crippen LogP contribution in [0.25, 0.3) is 0 Å². The zero-order chi connectivity index (χ0) is 22.3. The Balaban J connectivity index is 1.67. The van der Waals surface area contributed by atoms with Crippen LogP contribution in [0.3, 0.4) is 0 Å². The van der Waals surface area contributed by atoms with Gasteiger partial charge in [0, 0.05) is 16.8 Å². The Morgan fingerprint density at radius 1 is 0.871 bits per heavy atom. The average molecular weight is 423 g/mol. The fourth-order valence-electron chi connectivity index (χ4n) is 4.14. The first-order valence-electron chi connectivity index (χ1n) is 10.5. The van der Waals surface area contributed by atoms with Crippen LogP contribution in [-0.4, -0.2) is 25.4 Å². The molecule has 2 aromatic rings. The number of para-hydroxylation sites is 2. The maximum Gasteiger partial charge on any atom is 0.411 e. The Labute approximate surface area is 183 Å². The summed E-state index contributed by atoms with van der Waals surface area (Å²) in [6.45, 7) is 6.59. The molecule has 164 valence electrons. The summed E-state index contributed by atoms with van der Waals surface area (Å²) in [7, 11) is 0. The van der Waals surface area contributed by atoms with Gasteiger partial charge in [-0.25, -0.2) is 9.59 Å². The third-order valence-electron chi connectivity index (χ3n) is 6.04. The number of rotatable bonds is 6. The number of ether oxygens (including phenoxy) is 2. The van der Waals surface area contributed by atoms with Gasteiger partial charge in [-0.15, -0.1) is 0 Å². The summed E-state index contributed by atoms with van der Waals surface area (Å²) in [5, 5.41) is 5.48. The first kappa shape index (κ1) is 22.4. The highest BCUT2D eigenvalue weighted by molar-refractivity contribution is 5.85. The minimum absolute atomic E-state index is 0.0744. The van der Waals surface area contributed by atoms with E-state index in [1.807, 2.05) is 36.4 Å². The SMILES string of the molecule is CC1=C[C@@H](C)C(COC(=O)Nc2ccccc2)(COC(=O)Nc2ccccc2)[C@@H](C)C1. The number of hydrogen-bond acceptors (Lipinski definition) is 4. The molecule has 0 radical (unpaired) electrons. The molecule has 1 aliphatic carbocycles. The maximum absolute atomic E-state index is 12.4. The Kier molecular flexibility index (Phi) is 7.34. The lowest BCUT2D eigenvalue weighted by Gasteiger charge is -2.44. The summed E-state index contributed by atoms with van der Waals surface area (Å²) >= 11 is 0. The van der Waals surface area contributed by atoms with Crippen LogP contribution in [0.4, 0.5) is 21.0 Å². The molecule has 0 bridgehead atoms. The molecule has 0 spiro atoms. The van der Waals surface area contributed by atoms with E-state index in [-0.39, 0.29) is 25.0 Å². The summed E-state index contributed by atoms with van der Waals surface area (Å²) < 4.78 is 11.2. The zero-order valence-corrected chi connectivity index (χ0v) is 18.3. The van der Waals surface area contributed by atoms with Crippen LogP contribution in [0.1, 0.15) is 27.2 Å². The van der Waals surface area contributed by atoms with E-state index in [0.717, 1.165) is 6.42 Å². The van der Waals surface area contributed by atoms with Crippen molar-refractivity contribution >= 4 is 23.6 Å². The molecule has 0 saturated carbocycles. The van der Waals surface area contributed by atoms with Crippen molar-refractivity contribution in [2.24, 2.45) is 17.3 Å². The highest BCUT2D eigenvalue weighted by Crippen LogP contribution is 2.45. The number of amides is 2. The second-order valence-corrected chi connectivity index (χ2v) is 8.27. The van der Waals surface area contributed by atoms with Crippen LogP contribution >= 0.6 is 0 Å². The van der Waals surface area contributed by atoms with Crippen molar-refractivity contribution in [3.05, 3.63) is 72.3 Å². The molecule has 31 heavy (non-hydrogen) atoms. The lowest BCUT2D eigenvalue weighted by molar-refractivity contribution is -0.0314. The first-order chi connectivity index (χ1) is 14.9. The van der Waals surface area contributed by atoms with E-state index in [1.54, 1.807) is 24.3 Å². The van der Waals surface area contributed by atoms with Gasteiger partial charge in [0.15, 0.2) is 0 Å². The molecule has 0 aromatic heterocycles. The molecule has 2 N–H and O–H groups in total. The van der Waals surface area contributed by atoms with Crippen molar-refractivity contribution in [1.82, 2.24) is 0 Å². The van der Waals surface area contributed by atoms with Gasteiger partial charge in [-0.3, -0.25) is 10.6 Å². The predicted octanol–water partition coefficient (Wildman–Crippen LogP) is 6.09. The summed E-state index contributed by atoms with van der Waals surface area (Å²) in [4.78, 5) is 24.8. The molecule has 3 rings (SSSR count). The van der Waals surface area contributed by atoms with Gasteiger partial charge >= 0.3 is 12.2 Å². The van der Waals surface area contributed by atoms with E-state index < -0.39 is 17.6 Å². The lowest BCUT2D eigenvalue weighted by Crippen LogP contribution is -2.47. The van der Waals surface area contributed by atoms with Crippen LogP contribution in [0.5, 0.6) is 0 Å². The van der Waals surface area contributed by atoms with E-state index in [2.05, 4.69) is 37.5 Å². The molecule has 6 nitrogen and oxygen atoms in total. The molecule has 0 unspecified atom stereocenters. The van der Waals surface area contributed by atoms with Gasteiger partial charge < -0.3 is 9.47 Å². The second-order valence-electron chi connectivity index (χ2n) is 8.27.